The molecule has 1 N–H and O–H groups in total. The van der Waals surface area contributed by atoms with Crippen LogP contribution in [0, 0.1) is 0 Å². The lowest BCUT2D eigenvalue weighted by atomic mass is 10.2. The molecule has 0 aliphatic heterocycles. The number of thiophene rings is 1. The third-order valence-electron chi connectivity index (χ3n) is 1.78. The van der Waals surface area contributed by atoms with Gasteiger partial charge in [0.05, 0.1) is 0 Å². The molecule has 0 unspecified atom stereocenters. The van der Waals surface area contributed by atoms with E-state index in [9.17, 15) is 13.2 Å². The van der Waals surface area contributed by atoms with E-state index in [1.807, 2.05) is 0 Å². The summed E-state index contributed by atoms with van der Waals surface area (Å²) in [7, 11) is 0. The predicted molar refractivity (Wildman–Crippen MR) is 48.5 cm³/mol. The molecule has 0 atom stereocenters. The summed E-state index contributed by atoms with van der Waals surface area (Å²) in [6.45, 7) is 0. The van der Waals surface area contributed by atoms with Crippen molar-refractivity contribution in [3.05, 3.63) is 29.1 Å². The first-order valence-electron chi connectivity index (χ1n) is 3.76. The molecule has 0 amide bonds. The minimum atomic E-state index is -4.31. The van der Waals surface area contributed by atoms with E-state index in [0.717, 1.165) is 6.07 Å². The molecule has 0 saturated carbocycles. The zero-order valence-electron chi connectivity index (χ0n) is 6.80. The van der Waals surface area contributed by atoms with Gasteiger partial charge in [0.15, 0.2) is 0 Å². The van der Waals surface area contributed by atoms with Gasteiger partial charge in [0.1, 0.15) is 10.6 Å². The SMILES string of the molecule is Oc1ccc2sc(C(F)(F)F)cc2c1. The molecule has 2 rings (SSSR count). The number of fused-ring (bicyclic) bond motifs is 1. The lowest BCUT2D eigenvalue weighted by Gasteiger charge is -1.99. The van der Waals surface area contributed by atoms with Gasteiger partial charge in [-0.05, 0) is 29.7 Å². The van der Waals surface area contributed by atoms with Crippen LogP contribution in [0.4, 0.5) is 13.2 Å². The molecule has 0 aliphatic rings. The predicted octanol–water partition coefficient (Wildman–Crippen LogP) is 3.63. The summed E-state index contributed by atoms with van der Waals surface area (Å²) in [5.41, 5.74) is 0. The van der Waals surface area contributed by atoms with Crippen molar-refractivity contribution in [2.45, 2.75) is 6.18 Å². The summed E-state index contributed by atoms with van der Waals surface area (Å²) in [5, 5.41) is 9.48. The number of phenols is 1. The molecule has 74 valence electrons. The van der Waals surface area contributed by atoms with E-state index >= 15 is 0 Å². The molecule has 0 saturated heterocycles. The van der Waals surface area contributed by atoms with Gasteiger partial charge in [-0.15, -0.1) is 11.3 Å². The molecule has 0 spiro atoms. The lowest BCUT2D eigenvalue weighted by Crippen LogP contribution is -2.00. The molecule has 1 nitrogen and oxygen atoms in total. The second kappa shape index (κ2) is 2.88. The van der Waals surface area contributed by atoms with Crippen molar-refractivity contribution < 1.29 is 18.3 Å². The normalized spacial score (nSPS) is 12.2. The molecule has 14 heavy (non-hydrogen) atoms. The fourth-order valence-corrected chi connectivity index (χ4v) is 2.08. The highest BCUT2D eigenvalue weighted by Crippen LogP contribution is 2.38. The second-order valence-electron chi connectivity index (χ2n) is 2.83. The molecule has 1 aromatic carbocycles. The number of hydrogen-bond donors (Lipinski definition) is 1. The van der Waals surface area contributed by atoms with Crippen molar-refractivity contribution in [1.82, 2.24) is 0 Å². The fraction of sp³-hybridized carbons (Fsp3) is 0.111. The summed E-state index contributed by atoms with van der Waals surface area (Å²) in [5.74, 6) is -0.0241. The largest absolute Gasteiger partial charge is 0.508 e. The van der Waals surface area contributed by atoms with Crippen LogP contribution >= 0.6 is 11.3 Å². The van der Waals surface area contributed by atoms with E-state index in [1.54, 1.807) is 0 Å². The Bertz CT molecular complexity index is 472. The first-order valence-corrected chi connectivity index (χ1v) is 4.58. The molecule has 0 bridgehead atoms. The van der Waals surface area contributed by atoms with Gasteiger partial charge in [-0.2, -0.15) is 13.2 Å². The number of phenolic OH excluding ortho intramolecular Hbond substituents is 1. The van der Waals surface area contributed by atoms with Crippen LogP contribution in [0.15, 0.2) is 24.3 Å². The van der Waals surface area contributed by atoms with Gasteiger partial charge in [0.2, 0.25) is 0 Å². The van der Waals surface area contributed by atoms with Crippen molar-refractivity contribution in [1.29, 1.82) is 0 Å². The molecular weight excluding hydrogens is 213 g/mol. The quantitative estimate of drug-likeness (QED) is 0.715. The Morgan fingerprint density at radius 2 is 1.86 bits per heavy atom. The van der Waals surface area contributed by atoms with Crippen LogP contribution in [-0.4, -0.2) is 5.11 Å². The minimum absolute atomic E-state index is 0.0241. The van der Waals surface area contributed by atoms with Crippen LogP contribution in [0.3, 0.4) is 0 Å². The third-order valence-corrected chi connectivity index (χ3v) is 2.94. The van der Waals surface area contributed by atoms with E-state index in [1.165, 1.54) is 18.2 Å². The molecule has 0 fully saturated rings. The van der Waals surface area contributed by atoms with Crippen molar-refractivity contribution in [3.63, 3.8) is 0 Å². The summed E-state index contributed by atoms with van der Waals surface area (Å²) >= 11 is 0.677. The van der Waals surface area contributed by atoms with Crippen molar-refractivity contribution in [2.24, 2.45) is 0 Å². The monoisotopic (exact) mass is 218 g/mol. The Morgan fingerprint density at radius 1 is 1.14 bits per heavy atom. The second-order valence-corrected chi connectivity index (χ2v) is 3.91. The van der Waals surface area contributed by atoms with Crippen LogP contribution < -0.4 is 0 Å². The zero-order chi connectivity index (χ0) is 10.3. The van der Waals surface area contributed by atoms with Gasteiger partial charge >= 0.3 is 6.18 Å². The molecule has 5 heteroatoms. The maximum atomic E-state index is 12.3. The fourth-order valence-electron chi connectivity index (χ4n) is 1.17. The van der Waals surface area contributed by atoms with Crippen molar-refractivity contribution in [3.8, 4) is 5.75 Å². The number of alkyl halides is 3. The first-order chi connectivity index (χ1) is 6.47. The van der Waals surface area contributed by atoms with E-state index < -0.39 is 11.1 Å². The van der Waals surface area contributed by atoms with Crippen LogP contribution in [0.1, 0.15) is 4.88 Å². The van der Waals surface area contributed by atoms with Crippen LogP contribution in [0.2, 0.25) is 0 Å². The number of hydrogen-bond acceptors (Lipinski definition) is 2. The summed E-state index contributed by atoms with van der Waals surface area (Å²) in [4.78, 5) is -0.641. The van der Waals surface area contributed by atoms with E-state index in [4.69, 9.17) is 5.11 Å². The van der Waals surface area contributed by atoms with Crippen LogP contribution in [-0.2, 0) is 6.18 Å². The molecule has 0 radical (unpaired) electrons. The number of aromatic hydroxyl groups is 1. The highest BCUT2D eigenvalue weighted by atomic mass is 32.1. The Hall–Kier alpha value is -1.23. The number of rotatable bonds is 0. The molecule has 1 heterocycles. The molecular formula is C9H5F3OS. The summed E-state index contributed by atoms with van der Waals surface area (Å²) < 4.78 is 37.3. The Morgan fingerprint density at radius 3 is 2.50 bits per heavy atom. The highest BCUT2D eigenvalue weighted by Gasteiger charge is 2.32. The van der Waals surface area contributed by atoms with Crippen LogP contribution in [0.25, 0.3) is 10.1 Å². The van der Waals surface area contributed by atoms with Crippen molar-refractivity contribution >= 4 is 21.4 Å². The Labute approximate surface area is 81.4 Å². The minimum Gasteiger partial charge on any atom is -0.508 e. The number of halogens is 3. The van der Waals surface area contributed by atoms with Gasteiger partial charge in [-0.1, -0.05) is 0 Å². The van der Waals surface area contributed by atoms with Gasteiger partial charge in [-0.25, -0.2) is 0 Å². The Kier molecular flexibility index (Phi) is 1.92. The topological polar surface area (TPSA) is 20.2 Å². The van der Waals surface area contributed by atoms with Gasteiger partial charge in [0, 0.05) is 4.70 Å². The Balaban J connectivity index is 2.63. The lowest BCUT2D eigenvalue weighted by molar-refractivity contribution is -0.134. The first kappa shape index (κ1) is 9.33. The van der Waals surface area contributed by atoms with Gasteiger partial charge < -0.3 is 5.11 Å². The standard InChI is InChI=1S/C9H5F3OS/c10-9(11,12)8-4-5-3-6(13)1-2-7(5)14-8/h1-4,13H. The van der Waals surface area contributed by atoms with E-state index in [0.29, 0.717) is 21.4 Å². The van der Waals surface area contributed by atoms with E-state index in [-0.39, 0.29) is 5.75 Å². The highest BCUT2D eigenvalue weighted by molar-refractivity contribution is 7.19. The molecule has 0 aliphatic carbocycles. The molecule has 2 aromatic rings. The average molecular weight is 218 g/mol. The third kappa shape index (κ3) is 1.55. The van der Waals surface area contributed by atoms with Gasteiger partial charge in [0.25, 0.3) is 0 Å². The maximum Gasteiger partial charge on any atom is 0.425 e. The summed E-state index contributed by atoms with van der Waals surface area (Å²) in [6, 6.07) is 5.21. The zero-order valence-corrected chi connectivity index (χ0v) is 7.62. The summed E-state index contributed by atoms with van der Waals surface area (Å²) in [6.07, 6.45) is -4.31. The maximum absolute atomic E-state index is 12.3. The molecule has 1 aromatic heterocycles. The average Bonchev–Trinajstić information content (AvgIpc) is 2.45. The van der Waals surface area contributed by atoms with Crippen LogP contribution in [0.5, 0.6) is 5.75 Å². The van der Waals surface area contributed by atoms with Crippen molar-refractivity contribution in [2.75, 3.05) is 0 Å². The van der Waals surface area contributed by atoms with E-state index in [2.05, 4.69) is 0 Å². The number of benzene rings is 1. The smallest absolute Gasteiger partial charge is 0.425 e. The van der Waals surface area contributed by atoms with Gasteiger partial charge in [-0.3, -0.25) is 0 Å².